The van der Waals surface area contributed by atoms with Gasteiger partial charge in [0.05, 0.1) is 10.0 Å². The molecule has 0 unspecified atom stereocenters. The monoisotopic (exact) mass is 405 g/mol. The molecule has 0 heterocycles. The van der Waals surface area contributed by atoms with Crippen LogP contribution < -0.4 is 5.32 Å². The highest BCUT2D eigenvalue weighted by Gasteiger charge is 2.06. The first-order chi connectivity index (χ1) is 13.0. The molecule has 6 heteroatoms. The summed E-state index contributed by atoms with van der Waals surface area (Å²) in [6.07, 6.45) is 6.07. The summed E-state index contributed by atoms with van der Waals surface area (Å²) in [5.41, 5.74) is 2.60. The van der Waals surface area contributed by atoms with Crippen LogP contribution >= 0.6 is 23.2 Å². The average Bonchev–Trinajstić information content (AvgIpc) is 2.66. The average molecular weight is 406 g/mol. The minimum atomic E-state index is -0.619. The molecule has 1 amide bonds. The van der Waals surface area contributed by atoms with Crippen molar-refractivity contribution in [3.63, 3.8) is 0 Å². The third-order valence-electron chi connectivity index (χ3n) is 3.76. The predicted octanol–water partition coefficient (Wildman–Crippen LogP) is 5.53. The number of nitrogens with one attached hydrogen (secondary N) is 1. The summed E-state index contributed by atoms with van der Waals surface area (Å²) in [4.78, 5) is 23.6. The SMILES string of the molecule is CCCCc1ccc(NC(=O)COC(=O)/C=C/c2ccc(Cl)c(Cl)c2)cc1. The molecule has 0 fully saturated rings. The van der Waals surface area contributed by atoms with Crippen LogP contribution in [0.15, 0.2) is 48.5 Å². The number of carbonyl (C=O) groups is 2. The largest absolute Gasteiger partial charge is 0.452 e. The van der Waals surface area contributed by atoms with Gasteiger partial charge in [-0.25, -0.2) is 4.79 Å². The summed E-state index contributed by atoms with van der Waals surface area (Å²) in [5.74, 6) is -1.02. The lowest BCUT2D eigenvalue weighted by molar-refractivity contribution is -0.142. The minimum Gasteiger partial charge on any atom is -0.452 e. The van der Waals surface area contributed by atoms with E-state index in [-0.39, 0.29) is 6.61 Å². The molecule has 2 aromatic carbocycles. The Morgan fingerprint density at radius 2 is 1.81 bits per heavy atom. The molecular weight excluding hydrogens is 385 g/mol. The lowest BCUT2D eigenvalue weighted by Crippen LogP contribution is -2.20. The number of halogens is 2. The van der Waals surface area contributed by atoms with Crippen molar-refractivity contribution in [2.45, 2.75) is 26.2 Å². The van der Waals surface area contributed by atoms with E-state index in [0.29, 0.717) is 21.3 Å². The molecule has 0 spiro atoms. The summed E-state index contributed by atoms with van der Waals surface area (Å²) >= 11 is 11.7. The lowest BCUT2D eigenvalue weighted by Gasteiger charge is -2.06. The van der Waals surface area contributed by atoms with Crippen LogP contribution in [-0.2, 0) is 20.7 Å². The van der Waals surface area contributed by atoms with E-state index in [0.717, 1.165) is 19.3 Å². The molecule has 0 atom stereocenters. The zero-order chi connectivity index (χ0) is 19.6. The van der Waals surface area contributed by atoms with Gasteiger partial charge in [-0.1, -0.05) is 54.7 Å². The number of ether oxygens (including phenoxy) is 1. The van der Waals surface area contributed by atoms with Gasteiger partial charge < -0.3 is 10.1 Å². The van der Waals surface area contributed by atoms with Crippen molar-refractivity contribution in [1.82, 2.24) is 0 Å². The fourth-order valence-corrected chi connectivity index (χ4v) is 2.60. The second kappa shape index (κ2) is 10.8. The van der Waals surface area contributed by atoms with E-state index in [4.69, 9.17) is 27.9 Å². The number of rotatable bonds is 8. The maximum atomic E-state index is 11.9. The van der Waals surface area contributed by atoms with Crippen LogP contribution in [0, 0.1) is 0 Å². The number of hydrogen-bond acceptors (Lipinski definition) is 3. The normalized spacial score (nSPS) is 10.8. The molecule has 1 N–H and O–H groups in total. The highest BCUT2D eigenvalue weighted by Crippen LogP contribution is 2.23. The van der Waals surface area contributed by atoms with E-state index >= 15 is 0 Å². The number of aryl methyl sites for hydroxylation is 1. The highest BCUT2D eigenvalue weighted by atomic mass is 35.5. The van der Waals surface area contributed by atoms with Gasteiger partial charge in [0.2, 0.25) is 0 Å². The van der Waals surface area contributed by atoms with Gasteiger partial charge in [-0.05, 0) is 54.3 Å². The fourth-order valence-electron chi connectivity index (χ4n) is 2.30. The maximum Gasteiger partial charge on any atom is 0.331 e. The lowest BCUT2D eigenvalue weighted by atomic mass is 10.1. The Morgan fingerprint density at radius 3 is 2.48 bits per heavy atom. The van der Waals surface area contributed by atoms with Gasteiger partial charge in [0.1, 0.15) is 0 Å². The van der Waals surface area contributed by atoms with Crippen molar-refractivity contribution >= 4 is 46.8 Å². The molecule has 0 bridgehead atoms. The third kappa shape index (κ3) is 7.45. The highest BCUT2D eigenvalue weighted by molar-refractivity contribution is 6.42. The first-order valence-corrected chi connectivity index (χ1v) is 9.42. The van der Waals surface area contributed by atoms with E-state index in [1.54, 1.807) is 18.2 Å². The minimum absolute atomic E-state index is 0.359. The Kier molecular flexibility index (Phi) is 8.37. The topological polar surface area (TPSA) is 55.4 Å². The Bertz CT molecular complexity index is 817. The number of hydrogen-bond donors (Lipinski definition) is 1. The molecule has 0 aromatic heterocycles. The van der Waals surface area contributed by atoms with E-state index < -0.39 is 11.9 Å². The van der Waals surface area contributed by atoms with Crippen LogP contribution in [-0.4, -0.2) is 18.5 Å². The number of carbonyl (C=O) groups excluding carboxylic acids is 2. The van der Waals surface area contributed by atoms with E-state index in [2.05, 4.69) is 12.2 Å². The van der Waals surface area contributed by atoms with Crippen LogP contribution in [0.25, 0.3) is 6.08 Å². The summed E-state index contributed by atoms with van der Waals surface area (Å²) in [5, 5.41) is 3.53. The number of unbranched alkanes of at least 4 members (excludes halogenated alkanes) is 1. The van der Waals surface area contributed by atoms with Crippen molar-refractivity contribution in [3.05, 3.63) is 69.7 Å². The van der Waals surface area contributed by atoms with Crippen LogP contribution in [0.4, 0.5) is 5.69 Å². The first-order valence-electron chi connectivity index (χ1n) is 8.66. The van der Waals surface area contributed by atoms with E-state index in [1.807, 2.05) is 24.3 Å². The smallest absolute Gasteiger partial charge is 0.331 e. The number of amides is 1. The van der Waals surface area contributed by atoms with Crippen LogP contribution in [0.2, 0.25) is 10.0 Å². The Labute approximate surface area is 169 Å². The van der Waals surface area contributed by atoms with Crippen molar-refractivity contribution in [2.75, 3.05) is 11.9 Å². The first kappa shape index (κ1) is 21.0. The van der Waals surface area contributed by atoms with Gasteiger partial charge in [0.15, 0.2) is 6.61 Å². The quantitative estimate of drug-likeness (QED) is 0.463. The van der Waals surface area contributed by atoms with Gasteiger partial charge in [-0.2, -0.15) is 0 Å². The standard InChI is InChI=1S/C21H21Cl2NO3/c1-2-3-4-15-5-9-17(10-6-15)24-20(25)14-27-21(26)12-8-16-7-11-18(22)19(23)13-16/h5-13H,2-4,14H2,1H3,(H,24,25)/b12-8+. The zero-order valence-corrected chi connectivity index (χ0v) is 16.5. The molecule has 0 aliphatic carbocycles. The van der Waals surface area contributed by atoms with Crippen molar-refractivity contribution in [1.29, 1.82) is 0 Å². The number of anilines is 1. The van der Waals surface area contributed by atoms with Gasteiger partial charge in [-0.3, -0.25) is 4.79 Å². The molecule has 0 aliphatic heterocycles. The predicted molar refractivity (Wildman–Crippen MR) is 110 cm³/mol. The molecule has 0 radical (unpaired) electrons. The Hall–Kier alpha value is -2.30. The molecule has 27 heavy (non-hydrogen) atoms. The van der Waals surface area contributed by atoms with Gasteiger partial charge in [-0.15, -0.1) is 0 Å². The molecule has 0 saturated carbocycles. The zero-order valence-electron chi connectivity index (χ0n) is 15.0. The Balaban J connectivity index is 1.78. The van der Waals surface area contributed by atoms with Crippen molar-refractivity contribution < 1.29 is 14.3 Å². The summed E-state index contributed by atoms with van der Waals surface area (Å²) in [6, 6.07) is 12.6. The number of esters is 1. The second-order valence-electron chi connectivity index (χ2n) is 5.96. The third-order valence-corrected chi connectivity index (χ3v) is 4.50. The maximum absolute atomic E-state index is 11.9. The fraction of sp³-hybridized carbons (Fsp3) is 0.238. The molecular formula is C21H21Cl2NO3. The van der Waals surface area contributed by atoms with E-state index in [9.17, 15) is 9.59 Å². The molecule has 4 nitrogen and oxygen atoms in total. The summed E-state index contributed by atoms with van der Waals surface area (Å²) < 4.78 is 4.93. The van der Waals surface area contributed by atoms with Crippen molar-refractivity contribution in [3.8, 4) is 0 Å². The summed E-state index contributed by atoms with van der Waals surface area (Å²) in [6.45, 7) is 1.79. The van der Waals surface area contributed by atoms with Crippen LogP contribution in [0.5, 0.6) is 0 Å². The Morgan fingerprint density at radius 1 is 1.07 bits per heavy atom. The van der Waals surface area contributed by atoms with Crippen molar-refractivity contribution in [2.24, 2.45) is 0 Å². The molecule has 0 saturated heterocycles. The van der Waals surface area contributed by atoms with Gasteiger partial charge in [0, 0.05) is 11.8 Å². The van der Waals surface area contributed by atoms with Crippen LogP contribution in [0.1, 0.15) is 30.9 Å². The van der Waals surface area contributed by atoms with E-state index in [1.165, 1.54) is 17.7 Å². The molecule has 142 valence electrons. The molecule has 2 rings (SSSR count). The van der Waals surface area contributed by atoms with Gasteiger partial charge >= 0.3 is 5.97 Å². The molecule has 0 aliphatic rings. The number of benzene rings is 2. The van der Waals surface area contributed by atoms with Crippen LogP contribution in [0.3, 0.4) is 0 Å². The van der Waals surface area contributed by atoms with Gasteiger partial charge in [0.25, 0.3) is 5.91 Å². The second-order valence-corrected chi connectivity index (χ2v) is 6.78. The molecule has 2 aromatic rings. The summed E-state index contributed by atoms with van der Waals surface area (Å²) in [7, 11) is 0.